The van der Waals surface area contributed by atoms with Crippen molar-refractivity contribution >= 4 is 21.8 Å². The van der Waals surface area contributed by atoms with Gasteiger partial charge in [0.1, 0.15) is 0 Å². The van der Waals surface area contributed by atoms with E-state index >= 15 is 0 Å². The maximum atomic E-state index is 11.0. The summed E-state index contributed by atoms with van der Waals surface area (Å²) in [6.07, 6.45) is 0. The Morgan fingerprint density at radius 1 is 1.47 bits per heavy atom. The van der Waals surface area contributed by atoms with Gasteiger partial charge in [-0.2, -0.15) is 0 Å². The Bertz CT molecular complexity index is 395. The van der Waals surface area contributed by atoms with Crippen LogP contribution in [0.3, 0.4) is 0 Å². The van der Waals surface area contributed by atoms with Crippen molar-refractivity contribution in [2.75, 3.05) is 13.6 Å². The average molecular weight is 300 g/mol. The molecule has 94 valence electrons. The van der Waals surface area contributed by atoms with Crippen LogP contribution in [0, 0.1) is 0 Å². The molecule has 2 atom stereocenters. The third-order valence-electron chi connectivity index (χ3n) is 2.60. The second-order valence-corrected chi connectivity index (χ2v) is 5.06. The Kier molecular flexibility index (Phi) is 5.11. The topological polar surface area (TPSA) is 72.3 Å². The van der Waals surface area contributed by atoms with Gasteiger partial charge in [0.05, 0.1) is 12.6 Å². The summed E-state index contributed by atoms with van der Waals surface area (Å²) >= 11 is 3.50. The molecule has 0 saturated heterocycles. The van der Waals surface area contributed by atoms with E-state index in [4.69, 9.17) is 11.5 Å². The highest BCUT2D eigenvalue weighted by molar-refractivity contribution is 9.10. The molecule has 0 aliphatic heterocycles. The molecule has 1 aromatic carbocycles. The smallest absolute Gasteiger partial charge is 0.231 e. The molecule has 4 N–H and O–H groups in total. The van der Waals surface area contributed by atoms with Crippen LogP contribution in [-0.2, 0) is 4.79 Å². The predicted molar refractivity (Wildman–Crippen MR) is 72.4 cm³/mol. The molecule has 2 unspecified atom stereocenters. The fourth-order valence-electron chi connectivity index (χ4n) is 1.98. The van der Waals surface area contributed by atoms with Crippen molar-refractivity contribution in [2.45, 2.75) is 19.0 Å². The van der Waals surface area contributed by atoms with Crippen molar-refractivity contribution in [3.63, 3.8) is 0 Å². The number of hydrogen-bond donors (Lipinski definition) is 2. The molecule has 0 radical (unpaired) electrons. The Morgan fingerprint density at radius 3 is 2.53 bits per heavy atom. The average Bonchev–Trinajstić information content (AvgIpc) is 2.19. The molecule has 0 aromatic heterocycles. The van der Waals surface area contributed by atoms with Gasteiger partial charge in [0, 0.05) is 10.5 Å². The third-order valence-corrected chi connectivity index (χ3v) is 3.32. The van der Waals surface area contributed by atoms with Crippen LogP contribution in [0.2, 0.25) is 0 Å². The number of halogens is 1. The number of carbonyl (C=O) groups is 1. The van der Waals surface area contributed by atoms with E-state index in [2.05, 4.69) is 15.9 Å². The fraction of sp³-hybridized carbons (Fsp3) is 0.417. The highest BCUT2D eigenvalue weighted by Gasteiger charge is 2.23. The van der Waals surface area contributed by atoms with Gasteiger partial charge < -0.3 is 11.5 Å². The number of hydrogen-bond acceptors (Lipinski definition) is 3. The first-order valence-corrected chi connectivity index (χ1v) is 6.21. The first kappa shape index (κ1) is 14.2. The van der Waals surface area contributed by atoms with Gasteiger partial charge in [0.2, 0.25) is 5.91 Å². The molecule has 0 heterocycles. The van der Waals surface area contributed by atoms with E-state index in [9.17, 15) is 4.79 Å². The normalized spacial score (nSPS) is 14.6. The number of carbonyl (C=O) groups excluding carboxylic acids is 1. The lowest BCUT2D eigenvalue weighted by atomic mass is 9.99. The van der Waals surface area contributed by atoms with E-state index in [1.54, 1.807) is 0 Å². The SMILES string of the molecule is CC(N)C(c1ccccc1Br)N(C)CC(N)=O. The molecule has 0 fully saturated rings. The molecule has 0 bridgehead atoms. The van der Waals surface area contributed by atoms with Gasteiger partial charge in [0.15, 0.2) is 0 Å². The summed E-state index contributed by atoms with van der Waals surface area (Å²) in [5.41, 5.74) is 12.3. The fourth-order valence-corrected chi connectivity index (χ4v) is 2.50. The van der Waals surface area contributed by atoms with Crippen molar-refractivity contribution < 1.29 is 4.79 Å². The Labute approximate surface area is 110 Å². The van der Waals surface area contributed by atoms with Gasteiger partial charge in [0.25, 0.3) is 0 Å². The zero-order valence-corrected chi connectivity index (χ0v) is 11.6. The minimum Gasteiger partial charge on any atom is -0.369 e. The summed E-state index contributed by atoms with van der Waals surface area (Å²) in [4.78, 5) is 12.8. The molecule has 0 aliphatic carbocycles. The molecule has 1 amide bonds. The lowest BCUT2D eigenvalue weighted by molar-refractivity contribution is -0.119. The van der Waals surface area contributed by atoms with Crippen LogP contribution in [0.15, 0.2) is 28.7 Å². The Hall–Kier alpha value is -0.910. The van der Waals surface area contributed by atoms with Crippen molar-refractivity contribution in [1.29, 1.82) is 0 Å². The minimum absolute atomic E-state index is 0.0434. The van der Waals surface area contributed by atoms with E-state index in [1.165, 1.54) is 0 Å². The largest absolute Gasteiger partial charge is 0.369 e. The number of nitrogens with zero attached hydrogens (tertiary/aromatic N) is 1. The molecule has 1 rings (SSSR count). The summed E-state index contributed by atoms with van der Waals surface area (Å²) in [6, 6.07) is 7.71. The first-order chi connectivity index (χ1) is 7.93. The van der Waals surface area contributed by atoms with Crippen molar-refractivity contribution in [2.24, 2.45) is 11.5 Å². The molecule has 5 heteroatoms. The summed E-state index contributed by atoms with van der Waals surface area (Å²) in [7, 11) is 1.85. The quantitative estimate of drug-likeness (QED) is 0.859. The summed E-state index contributed by atoms with van der Waals surface area (Å²) < 4.78 is 0.985. The number of rotatable bonds is 5. The number of benzene rings is 1. The van der Waals surface area contributed by atoms with Crippen LogP contribution < -0.4 is 11.5 Å². The maximum absolute atomic E-state index is 11.0. The summed E-state index contributed by atoms with van der Waals surface area (Å²) in [5, 5.41) is 0. The summed E-state index contributed by atoms with van der Waals surface area (Å²) in [6.45, 7) is 2.11. The van der Waals surface area contributed by atoms with Gasteiger partial charge in [-0.3, -0.25) is 9.69 Å². The minimum atomic E-state index is -0.356. The van der Waals surface area contributed by atoms with E-state index < -0.39 is 0 Å². The highest BCUT2D eigenvalue weighted by atomic mass is 79.9. The molecule has 4 nitrogen and oxygen atoms in total. The molecule has 0 aliphatic rings. The Balaban J connectivity index is 3.01. The molecule has 0 saturated carbocycles. The van der Waals surface area contributed by atoms with E-state index in [1.807, 2.05) is 43.1 Å². The molecular formula is C12H18BrN3O. The van der Waals surface area contributed by atoms with Crippen LogP contribution in [0.4, 0.5) is 0 Å². The number of amides is 1. The van der Waals surface area contributed by atoms with E-state index in [0.29, 0.717) is 0 Å². The number of likely N-dealkylation sites (N-methyl/N-ethyl adjacent to an activating group) is 1. The number of primary amides is 1. The van der Waals surface area contributed by atoms with Crippen molar-refractivity contribution in [3.8, 4) is 0 Å². The Morgan fingerprint density at radius 2 is 2.06 bits per heavy atom. The monoisotopic (exact) mass is 299 g/mol. The van der Waals surface area contributed by atoms with Gasteiger partial charge in [-0.25, -0.2) is 0 Å². The third kappa shape index (κ3) is 3.80. The van der Waals surface area contributed by atoms with Crippen LogP contribution >= 0.6 is 15.9 Å². The van der Waals surface area contributed by atoms with Crippen molar-refractivity contribution in [3.05, 3.63) is 34.3 Å². The first-order valence-electron chi connectivity index (χ1n) is 5.42. The zero-order chi connectivity index (χ0) is 13.0. The van der Waals surface area contributed by atoms with Gasteiger partial charge in [-0.15, -0.1) is 0 Å². The number of nitrogens with two attached hydrogens (primary N) is 2. The molecular weight excluding hydrogens is 282 g/mol. The second kappa shape index (κ2) is 6.14. The standard InChI is InChI=1S/C12H18BrN3O/c1-8(14)12(16(2)7-11(15)17)9-5-3-4-6-10(9)13/h3-6,8,12H,7,14H2,1-2H3,(H2,15,17). The van der Waals surface area contributed by atoms with Gasteiger partial charge in [-0.05, 0) is 25.6 Å². The predicted octanol–water partition coefficient (Wildman–Crippen LogP) is 1.25. The van der Waals surface area contributed by atoms with Gasteiger partial charge >= 0.3 is 0 Å². The zero-order valence-electron chi connectivity index (χ0n) is 10.1. The van der Waals surface area contributed by atoms with Gasteiger partial charge in [-0.1, -0.05) is 34.1 Å². The van der Waals surface area contributed by atoms with Crippen LogP contribution in [-0.4, -0.2) is 30.4 Å². The molecule has 0 spiro atoms. The molecule has 1 aromatic rings. The van der Waals surface area contributed by atoms with Crippen LogP contribution in [0.1, 0.15) is 18.5 Å². The lowest BCUT2D eigenvalue weighted by Gasteiger charge is -2.31. The molecule has 17 heavy (non-hydrogen) atoms. The van der Waals surface area contributed by atoms with E-state index in [-0.39, 0.29) is 24.5 Å². The van der Waals surface area contributed by atoms with Crippen LogP contribution in [0.25, 0.3) is 0 Å². The highest BCUT2D eigenvalue weighted by Crippen LogP contribution is 2.28. The van der Waals surface area contributed by atoms with Crippen LogP contribution in [0.5, 0.6) is 0 Å². The summed E-state index contributed by atoms with van der Waals surface area (Å²) in [5.74, 6) is -0.356. The second-order valence-electron chi connectivity index (χ2n) is 4.21. The maximum Gasteiger partial charge on any atom is 0.231 e. The van der Waals surface area contributed by atoms with E-state index in [0.717, 1.165) is 10.0 Å². The lowest BCUT2D eigenvalue weighted by Crippen LogP contribution is -2.41. The van der Waals surface area contributed by atoms with Crippen molar-refractivity contribution in [1.82, 2.24) is 4.90 Å².